The predicted octanol–water partition coefficient (Wildman–Crippen LogP) is 2.11. The van der Waals surface area contributed by atoms with Crippen molar-refractivity contribution in [1.29, 1.82) is 0 Å². The Hall–Kier alpha value is -1.89. The second-order valence-corrected chi connectivity index (χ2v) is 4.90. The summed E-state index contributed by atoms with van der Waals surface area (Å²) in [5.74, 6) is -0.796. The van der Waals surface area contributed by atoms with Crippen LogP contribution in [0.15, 0.2) is 23.4 Å². The van der Waals surface area contributed by atoms with Crippen molar-refractivity contribution in [3.63, 3.8) is 0 Å². The average Bonchev–Trinajstić information content (AvgIpc) is 2.72. The largest absolute Gasteiger partial charge is 0.481 e. The van der Waals surface area contributed by atoms with Crippen LogP contribution < -0.4 is 0 Å². The van der Waals surface area contributed by atoms with Crippen molar-refractivity contribution in [1.82, 2.24) is 14.8 Å². The van der Waals surface area contributed by atoms with E-state index in [1.54, 1.807) is 30.7 Å². The summed E-state index contributed by atoms with van der Waals surface area (Å²) in [5.41, 5.74) is 1.14. The number of carboxylic acids is 1. The number of carbonyl (C=O) groups is 1. The minimum Gasteiger partial charge on any atom is -0.481 e. The number of thioether (sulfide) groups is 1. The minimum atomic E-state index is -0.920. The van der Waals surface area contributed by atoms with E-state index in [9.17, 15) is 9.18 Å². The molecule has 0 bridgehead atoms. The molecule has 19 heavy (non-hydrogen) atoms. The molecule has 0 atom stereocenters. The van der Waals surface area contributed by atoms with Crippen LogP contribution in [0.3, 0.4) is 0 Å². The van der Waals surface area contributed by atoms with Gasteiger partial charge in [0.25, 0.3) is 0 Å². The highest BCUT2D eigenvalue weighted by Crippen LogP contribution is 2.26. The molecular weight excluding hydrogens is 269 g/mol. The number of aromatic nitrogens is 3. The summed E-state index contributed by atoms with van der Waals surface area (Å²) in [7, 11) is 1.73. The van der Waals surface area contributed by atoms with Gasteiger partial charge in [0.05, 0.1) is 5.75 Å². The number of aliphatic carboxylic acids is 1. The van der Waals surface area contributed by atoms with Gasteiger partial charge >= 0.3 is 5.97 Å². The second kappa shape index (κ2) is 5.40. The first-order valence-electron chi connectivity index (χ1n) is 5.50. The molecule has 0 fully saturated rings. The second-order valence-electron chi connectivity index (χ2n) is 3.96. The lowest BCUT2D eigenvalue weighted by atomic mass is 10.1. The molecule has 0 saturated carbocycles. The van der Waals surface area contributed by atoms with Crippen LogP contribution in [0, 0.1) is 12.7 Å². The van der Waals surface area contributed by atoms with Crippen molar-refractivity contribution in [3.05, 3.63) is 29.6 Å². The molecule has 2 aromatic rings. The van der Waals surface area contributed by atoms with E-state index in [0.29, 0.717) is 22.1 Å². The van der Waals surface area contributed by atoms with E-state index in [-0.39, 0.29) is 11.6 Å². The predicted molar refractivity (Wildman–Crippen MR) is 69.5 cm³/mol. The third kappa shape index (κ3) is 2.76. The van der Waals surface area contributed by atoms with E-state index in [0.717, 1.165) is 11.8 Å². The van der Waals surface area contributed by atoms with E-state index in [1.165, 1.54) is 6.07 Å². The van der Waals surface area contributed by atoms with Crippen LogP contribution in [0.25, 0.3) is 11.4 Å². The normalized spacial score (nSPS) is 10.7. The van der Waals surface area contributed by atoms with E-state index in [2.05, 4.69) is 10.2 Å². The molecule has 0 radical (unpaired) electrons. The third-order valence-corrected chi connectivity index (χ3v) is 3.67. The zero-order chi connectivity index (χ0) is 14.0. The lowest BCUT2D eigenvalue weighted by Gasteiger charge is -2.06. The number of rotatable bonds is 4. The summed E-state index contributed by atoms with van der Waals surface area (Å²) < 4.78 is 15.2. The maximum atomic E-state index is 13.5. The Morgan fingerprint density at radius 1 is 1.47 bits per heavy atom. The van der Waals surface area contributed by atoms with Crippen LogP contribution in [-0.4, -0.2) is 31.6 Å². The third-order valence-electron chi connectivity index (χ3n) is 2.67. The lowest BCUT2D eigenvalue weighted by Crippen LogP contribution is -2.01. The van der Waals surface area contributed by atoms with Crippen molar-refractivity contribution in [3.8, 4) is 11.4 Å². The van der Waals surface area contributed by atoms with Crippen molar-refractivity contribution >= 4 is 17.7 Å². The quantitative estimate of drug-likeness (QED) is 0.869. The molecule has 1 N–H and O–H groups in total. The van der Waals surface area contributed by atoms with Crippen molar-refractivity contribution in [2.75, 3.05) is 5.75 Å². The van der Waals surface area contributed by atoms with Gasteiger partial charge in [0, 0.05) is 12.6 Å². The molecule has 0 aliphatic heterocycles. The number of halogens is 1. The van der Waals surface area contributed by atoms with Gasteiger partial charge in [0.15, 0.2) is 11.0 Å². The fraction of sp³-hybridized carbons (Fsp3) is 0.250. The minimum absolute atomic E-state index is 0.0892. The highest BCUT2D eigenvalue weighted by atomic mass is 32.2. The molecule has 1 heterocycles. The summed E-state index contributed by atoms with van der Waals surface area (Å²) in [4.78, 5) is 10.5. The van der Waals surface area contributed by atoms with Gasteiger partial charge < -0.3 is 9.67 Å². The maximum absolute atomic E-state index is 13.5. The van der Waals surface area contributed by atoms with Gasteiger partial charge in [-0.3, -0.25) is 4.79 Å². The molecule has 0 amide bonds. The first-order chi connectivity index (χ1) is 9.00. The average molecular weight is 281 g/mol. The Labute approximate surface area is 113 Å². The zero-order valence-electron chi connectivity index (χ0n) is 10.4. The van der Waals surface area contributed by atoms with Gasteiger partial charge in [-0.15, -0.1) is 10.2 Å². The van der Waals surface area contributed by atoms with Gasteiger partial charge in [0.2, 0.25) is 0 Å². The van der Waals surface area contributed by atoms with Crippen molar-refractivity contribution < 1.29 is 14.3 Å². The highest BCUT2D eigenvalue weighted by Gasteiger charge is 2.15. The molecule has 1 aromatic carbocycles. The first-order valence-corrected chi connectivity index (χ1v) is 6.48. The van der Waals surface area contributed by atoms with Gasteiger partial charge in [-0.1, -0.05) is 23.9 Å². The summed E-state index contributed by atoms with van der Waals surface area (Å²) in [6.07, 6.45) is 0. The zero-order valence-corrected chi connectivity index (χ0v) is 11.2. The van der Waals surface area contributed by atoms with Gasteiger partial charge in [-0.2, -0.15) is 0 Å². The SMILES string of the molecule is Cc1c(F)cccc1-c1nnc(SCC(=O)O)n1C. The number of hydrogen-bond acceptors (Lipinski definition) is 4. The Bertz CT molecular complexity index is 627. The van der Waals surface area contributed by atoms with E-state index in [4.69, 9.17) is 5.11 Å². The molecule has 1 aromatic heterocycles. The van der Waals surface area contributed by atoms with Crippen LogP contribution in [0.5, 0.6) is 0 Å². The fourth-order valence-electron chi connectivity index (χ4n) is 1.65. The Balaban J connectivity index is 2.36. The summed E-state index contributed by atoms with van der Waals surface area (Å²) in [6, 6.07) is 4.75. The monoisotopic (exact) mass is 281 g/mol. The molecule has 0 aliphatic carbocycles. The topological polar surface area (TPSA) is 68.0 Å². The number of benzene rings is 1. The van der Waals surface area contributed by atoms with Crippen LogP contribution in [-0.2, 0) is 11.8 Å². The van der Waals surface area contributed by atoms with Gasteiger partial charge in [-0.25, -0.2) is 4.39 Å². The van der Waals surface area contributed by atoms with Gasteiger partial charge in [-0.05, 0) is 18.6 Å². The number of hydrogen-bond donors (Lipinski definition) is 1. The van der Waals surface area contributed by atoms with Crippen LogP contribution in [0.1, 0.15) is 5.56 Å². The lowest BCUT2D eigenvalue weighted by molar-refractivity contribution is -0.133. The molecule has 2 rings (SSSR count). The van der Waals surface area contributed by atoms with Crippen molar-refractivity contribution in [2.45, 2.75) is 12.1 Å². The summed E-state index contributed by atoms with van der Waals surface area (Å²) in [5, 5.41) is 17.1. The number of nitrogens with zero attached hydrogens (tertiary/aromatic N) is 3. The Kier molecular flexibility index (Phi) is 3.84. The molecule has 5 nitrogen and oxygen atoms in total. The Morgan fingerprint density at radius 3 is 2.89 bits per heavy atom. The van der Waals surface area contributed by atoms with Crippen molar-refractivity contribution in [2.24, 2.45) is 7.05 Å². The maximum Gasteiger partial charge on any atom is 0.313 e. The standard InChI is InChI=1S/C12H12FN3O2S/c1-7-8(4-3-5-9(7)13)11-14-15-12(16(11)2)19-6-10(17)18/h3-5H,6H2,1-2H3,(H,17,18). The fourth-order valence-corrected chi connectivity index (χ4v) is 2.28. The molecular formula is C12H12FN3O2S. The van der Waals surface area contributed by atoms with E-state index < -0.39 is 5.97 Å². The molecule has 7 heteroatoms. The van der Waals surface area contributed by atoms with E-state index in [1.807, 2.05) is 0 Å². The molecule has 100 valence electrons. The molecule has 0 aliphatic rings. The summed E-state index contributed by atoms with van der Waals surface area (Å²) in [6.45, 7) is 1.67. The number of carboxylic acid groups (broad SMARTS) is 1. The van der Waals surface area contributed by atoms with Crippen LogP contribution in [0.4, 0.5) is 4.39 Å². The van der Waals surface area contributed by atoms with Gasteiger partial charge in [0.1, 0.15) is 5.82 Å². The van der Waals surface area contributed by atoms with Crippen LogP contribution in [0.2, 0.25) is 0 Å². The smallest absolute Gasteiger partial charge is 0.313 e. The first kappa shape index (κ1) is 13.5. The molecule has 0 unspecified atom stereocenters. The van der Waals surface area contributed by atoms with Crippen LogP contribution >= 0.6 is 11.8 Å². The molecule has 0 spiro atoms. The summed E-state index contributed by atoms with van der Waals surface area (Å²) >= 11 is 1.08. The Morgan fingerprint density at radius 2 is 2.21 bits per heavy atom. The molecule has 0 saturated heterocycles. The van der Waals surface area contributed by atoms with E-state index >= 15 is 0 Å². The highest BCUT2D eigenvalue weighted by molar-refractivity contribution is 7.99.